The van der Waals surface area contributed by atoms with Crippen molar-refractivity contribution in [2.24, 2.45) is 0 Å². The Hall–Kier alpha value is -2.92. The third kappa shape index (κ3) is 4.72. The summed E-state index contributed by atoms with van der Waals surface area (Å²) in [4.78, 5) is 28.4. The van der Waals surface area contributed by atoms with E-state index >= 15 is 0 Å². The van der Waals surface area contributed by atoms with Gasteiger partial charge in [-0.15, -0.1) is 0 Å². The van der Waals surface area contributed by atoms with Gasteiger partial charge in [-0.05, 0) is 57.9 Å². The molecule has 0 bridgehead atoms. The molecule has 31 heavy (non-hydrogen) atoms. The number of carbonyl (C=O) groups is 2. The van der Waals surface area contributed by atoms with E-state index in [4.69, 9.17) is 9.47 Å². The minimum Gasteiger partial charge on any atom is -0.493 e. The average molecular weight is 551 g/mol. The second-order valence-electron chi connectivity index (χ2n) is 6.67. The van der Waals surface area contributed by atoms with Crippen molar-refractivity contribution in [3.8, 4) is 11.5 Å². The summed E-state index contributed by atoms with van der Waals surface area (Å²) < 4.78 is 14.4. The summed E-state index contributed by atoms with van der Waals surface area (Å²) in [6.07, 6.45) is 1.60. The number of hydrogen-bond acceptors (Lipinski definition) is 6. The maximum Gasteiger partial charge on any atom is 0.262 e. The fraction of sp³-hybridized carbons (Fsp3) is 0.200. The van der Waals surface area contributed by atoms with Crippen LogP contribution in [0.2, 0.25) is 0 Å². The standard InChI is InChI=1S/C20H17Br2N5O4/c1-30-16-7-11(15-8-17(28)26-20-23-10-24-27(15)20)6-14(22)19(16)31-9-18(29)25-13-4-2-12(21)3-5-13/h2-7,10,15H,8-9H2,1H3,(H,25,29)(H,23,24,26,28)/t15-/m1/s1. The third-order valence-corrected chi connectivity index (χ3v) is 5.73. The minimum atomic E-state index is -0.341. The molecule has 0 fully saturated rings. The van der Waals surface area contributed by atoms with Gasteiger partial charge in [-0.1, -0.05) is 15.9 Å². The number of nitrogens with one attached hydrogen (secondary N) is 2. The molecule has 1 aromatic heterocycles. The van der Waals surface area contributed by atoms with E-state index in [0.29, 0.717) is 27.6 Å². The monoisotopic (exact) mass is 549 g/mol. The molecule has 0 unspecified atom stereocenters. The second kappa shape index (κ2) is 9.06. The molecule has 9 nitrogen and oxygen atoms in total. The first kappa shape index (κ1) is 21.3. The van der Waals surface area contributed by atoms with E-state index < -0.39 is 0 Å². The van der Waals surface area contributed by atoms with Crippen molar-refractivity contribution in [2.75, 3.05) is 24.4 Å². The van der Waals surface area contributed by atoms with Crippen LogP contribution < -0.4 is 20.1 Å². The Morgan fingerprint density at radius 3 is 2.81 bits per heavy atom. The van der Waals surface area contributed by atoms with Crippen LogP contribution in [-0.4, -0.2) is 40.3 Å². The lowest BCUT2D eigenvalue weighted by atomic mass is 10.0. The van der Waals surface area contributed by atoms with Gasteiger partial charge in [0.25, 0.3) is 5.91 Å². The first-order valence-electron chi connectivity index (χ1n) is 9.19. The van der Waals surface area contributed by atoms with Gasteiger partial charge in [0.1, 0.15) is 6.33 Å². The van der Waals surface area contributed by atoms with E-state index in [0.717, 1.165) is 10.0 Å². The Balaban J connectivity index is 1.51. The van der Waals surface area contributed by atoms with Crippen molar-refractivity contribution < 1.29 is 19.1 Å². The summed E-state index contributed by atoms with van der Waals surface area (Å²) in [7, 11) is 1.51. The molecule has 1 aliphatic rings. The molecule has 2 heterocycles. The smallest absolute Gasteiger partial charge is 0.262 e. The Labute approximate surface area is 194 Å². The van der Waals surface area contributed by atoms with Crippen LogP contribution in [0.1, 0.15) is 18.0 Å². The van der Waals surface area contributed by atoms with Crippen molar-refractivity contribution >= 4 is 55.3 Å². The number of carbonyl (C=O) groups excluding carboxylic acids is 2. The van der Waals surface area contributed by atoms with Gasteiger partial charge in [0.2, 0.25) is 11.9 Å². The SMILES string of the molecule is COc1cc([C@H]2CC(=O)Nc3ncnn32)cc(Br)c1OCC(=O)Nc1ccc(Br)cc1. The quantitative estimate of drug-likeness (QED) is 0.484. The first-order valence-corrected chi connectivity index (χ1v) is 10.8. The van der Waals surface area contributed by atoms with E-state index in [1.54, 1.807) is 22.9 Å². The van der Waals surface area contributed by atoms with E-state index in [2.05, 4.69) is 52.6 Å². The molecule has 160 valence electrons. The Morgan fingerprint density at radius 2 is 2.06 bits per heavy atom. The number of aromatic nitrogens is 3. The number of benzene rings is 2. The normalized spacial score (nSPS) is 15.1. The highest BCUT2D eigenvalue weighted by Gasteiger charge is 2.29. The molecular formula is C20H17Br2N5O4. The summed E-state index contributed by atoms with van der Waals surface area (Å²) in [5, 5.41) is 9.66. The molecule has 0 aliphatic carbocycles. The fourth-order valence-corrected chi connectivity index (χ4v) is 4.04. The van der Waals surface area contributed by atoms with Gasteiger partial charge in [0, 0.05) is 10.2 Å². The molecule has 4 rings (SSSR count). The molecular weight excluding hydrogens is 534 g/mol. The molecule has 0 spiro atoms. The third-order valence-electron chi connectivity index (χ3n) is 4.61. The number of ether oxygens (including phenoxy) is 2. The predicted molar refractivity (Wildman–Crippen MR) is 120 cm³/mol. The largest absolute Gasteiger partial charge is 0.493 e. The number of halogens is 2. The topological polar surface area (TPSA) is 107 Å². The zero-order chi connectivity index (χ0) is 22.0. The number of nitrogens with zero attached hydrogens (tertiary/aromatic N) is 3. The highest BCUT2D eigenvalue weighted by atomic mass is 79.9. The maximum absolute atomic E-state index is 12.3. The van der Waals surface area contributed by atoms with Crippen LogP contribution >= 0.6 is 31.9 Å². The van der Waals surface area contributed by atoms with Crippen LogP contribution in [0.5, 0.6) is 11.5 Å². The number of fused-ring (bicyclic) bond motifs is 1. The number of methoxy groups -OCH3 is 1. The number of amides is 2. The molecule has 0 radical (unpaired) electrons. The summed E-state index contributed by atoms with van der Waals surface area (Å²) in [6.45, 7) is -0.205. The van der Waals surface area contributed by atoms with Crippen LogP contribution in [0.25, 0.3) is 0 Å². The molecule has 2 amide bonds. The van der Waals surface area contributed by atoms with Gasteiger partial charge in [-0.25, -0.2) is 4.68 Å². The lowest BCUT2D eigenvalue weighted by Gasteiger charge is -2.25. The van der Waals surface area contributed by atoms with Crippen LogP contribution in [0.4, 0.5) is 11.6 Å². The first-order chi connectivity index (χ1) is 14.9. The Kier molecular flexibility index (Phi) is 6.23. The van der Waals surface area contributed by atoms with E-state index in [1.807, 2.05) is 18.2 Å². The average Bonchev–Trinajstić information content (AvgIpc) is 3.21. The van der Waals surface area contributed by atoms with Crippen LogP contribution in [-0.2, 0) is 9.59 Å². The number of hydrogen-bond donors (Lipinski definition) is 2. The molecule has 11 heteroatoms. The van der Waals surface area contributed by atoms with Gasteiger partial charge in [-0.2, -0.15) is 10.1 Å². The molecule has 0 saturated carbocycles. The predicted octanol–water partition coefficient (Wildman–Crippen LogP) is 3.76. The molecule has 1 aliphatic heterocycles. The Morgan fingerprint density at radius 1 is 1.29 bits per heavy atom. The molecule has 3 aromatic rings. The van der Waals surface area contributed by atoms with E-state index in [9.17, 15) is 9.59 Å². The van der Waals surface area contributed by atoms with Gasteiger partial charge in [-0.3, -0.25) is 14.9 Å². The van der Waals surface area contributed by atoms with E-state index in [1.165, 1.54) is 13.4 Å². The zero-order valence-corrected chi connectivity index (χ0v) is 19.4. The van der Waals surface area contributed by atoms with Crippen LogP contribution in [0.3, 0.4) is 0 Å². The summed E-state index contributed by atoms with van der Waals surface area (Å²) >= 11 is 6.84. The lowest BCUT2D eigenvalue weighted by Crippen LogP contribution is -2.29. The van der Waals surface area contributed by atoms with E-state index in [-0.39, 0.29) is 30.9 Å². The van der Waals surface area contributed by atoms with Crippen molar-refractivity contribution in [1.82, 2.24) is 14.8 Å². The highest BCUT2D eigenvalue weighted by molar-refractivity contribution is 9.10. The summed E-state index contributed by atoms with van der Waals surface area (Å²) in [5.74, 6) is 0.744. The number of rotatable bonds is 6. The minimum absolute atomic E-state index is 0.148. The zero-order valence-electron chi connectivity index (χ0n) is 16.3. The van der Waals surface area contributed by atoms with Crippen molar-refractivity contribution in [3.05, 3.63) is 57.2 Å². The van der Waals surface area contributed by atoms with Gasteiger partial charge < -0.3 is 14.8 Å². The highest BCUT2D eigenvalue weighted by Crippen LogP contribution is 2.40. The van der Waals surface area contributed by atoms with Crippen LogP contribution in [0.15, 0.2) is 51.7 Å². The van der Waals surface area contributed by atoms with Gasteiger partial charge >= 0.3 is 0 Å². The molecule has 0 saturated heterocycles. The van der Waals surface area contributed by atoms with Gasteiger partial charge in [0.05, 0.1) is 24.0 Å². The van der Waals surface area contributed by atoms with Crippen molar-refractivity contribution in [1.29, 1.82) is 0 Å². The summed E-state index contributed by atoms with van der Waals surface area (Å²) in [6, 6.07) is 10.5. The molecule has 2 aromatic carbocycles. The van der Waals surface area contributed by atoms with Crippen molar-refractivity contribution in [2.45, 2.75) is 12.5 Å². The van der Waals surface area contributed by atoms with Gasteiger partial charge in [0.15, 0.2) is 18.1 Å². The van der Waals surface area contributed by atoms with Crippen LogP contribution in [0, 0.1) is 0 Å². The summed E-state index contributed by atoms with van der Waals surface area (Å²) in [5.41, 5.74) is 1.45. The Bertz CT molecular complexity index is 1130. The number of anilines is 2. The fourth-order valence-electron chi connectivity index (χ4n) is 3.20. The maximum atomic E-state index is 12.3. The molecule has 1 atom stereocenters. The molecule has 2 N–H and O–H groups in total. The van der Waals surface area contributed by atoms with Crippen molar-refractivity contribution in [3.63, 3.8) is 0 Å². The lowest BCUT2D eigenvalue weighted by molar-refractivity contribution is -0.118. The second-order valence-corrected chi connectivity index (χ2v) is 8.44.